The molecular weight excluding hydrogens is 555 g/mol. The minimum Gasteiger partial charge on any atom is -0.379 e. The molecule has 3 aromatic rings. The number of imidazole rings is 1. The number of pyridine rings is 1. The number of halogens is 1. The molecular formula is C35H47FN6O2. The van der Waals surface area contributed by atoms with Gasteiger partial charge in [0.15, 0.2) is 0 Å². The molecule has 2 aromatic heterocycles. The lowest BCUT2D eigenvalue weighted by Crippen LogP contribution is -2.62. The standard InChI is InChI=1S/C35H47FN6O2/c1-23-18-40(29(16-37-23)19-39-12-13-44-21-24(39)2)20-32(43)41-22-35(3,4)33-30(41)15-27(14-25-8-10-28(36)11-9-25)31-17-38-34(42(31)33)26-6-5-7-26/h8-11,15,17,23-24,26,29,37H,5-7,12-14,16,18-22H2,1-4H3/t23-,24-,29-/m1/s1. The van der Waals surface area contributed by atoms with E-state index in [1.54, 1.807) is 0 Å². The van der Waals surface area contributed by atoms with Gasteiger partial charge in [-0.05, 0) is 62.4 Å². The van der Waals surface area contributed by atoms with Crippen LogP contribution >= 0.6 is 0 Å². The van der Waals surface area contributed by atoms with Crippen LogP contribution < -0.4 is 10.2 Å². The number of hydrogen-bond acceptors (Lipinski definition) is 6. The Morgan fingerprint density at radius 1 is 1.16 bits per heavy atom. The Labute approximate surface area is 260 Å². The van der Waals surface area contributed by atoms with E-state index in [1.807, 2.05) is 18.3 Å². The highest BCUT2D eigenvalue weighted by Gasteiger charge is 2.43. The van der Waals surface area contributed by atoms with Crippen molar-refractivity contribution in [3.8, 4) is 0 Å². The summed E-state index contributed by atoms with van der Waals surface area (Å²) in [5, 5.41) is 3.66. The van der Waals surface area contributed by atoms with Crippen LogP contribution in [0.2, 0.25) is 0 Å². The number of nitrogens with one attached hydrogen (secondary N) is 1. The van der Waals surface area contributed by atoms with E-state index < -0.39 is 0 Å². The van der Waals surface area contributed by atoms with Crippen molar-refractivity contribution in [2.75, 3.05) is 57.4 Å². The number of carbonyl (C=O) groups excluding carboxylic acids is 1. The van der Waals surface area contributed by atoms with E-state index in [1.165, 1.54) is 24.2 Å². The number of anilines is 1. The van der Waals surface area contributed by atoms with Crippen molar-refractivity contribution < 1.29 is 13.9 Å². The van der Waals surface area contributed by atoms with E-state index in [4.69, 9.17) is 9.72 Å². The van der Waals surface area contributed by atoms with Gasteiger partial charge in [-0.15, -0.1) is 0 Å². The van der Waals surface area contributed by atoms with E-state index in [0.29, 0.717) is 37.5 Å². The third-order valence-corrected chi connectivity index (χ3v) is 10.5. The molecule has 0 radical (unpaired) electrons. The van der Waals surface area contributed by atoms with Crippen LogP contribution in [0.1, 0.15) is 75.5 Å². The topological polar surface area (TPSA) is 65.4 Å². The Kier molecular flexibility index (Phi) is 8.02. The molecule has 3 atom stereocenters. The van der Waals surface area contributed by atoms with E-state index in [2.05, 4.69) is 58.2 Å². The molecule has 7 rings (SSSR count). The number of nitrogens with zero attached hydrogens (tertiary/aromatic N) is 5. The van der Waals surface area contributed by atoms with Gasteiger partial charge in [0.25, 0.3) is 0 Å². The number of aromatic nitrogens is 2. The lowest BCUT2D eigenvalue weighted by Gasteiger charge is -2.43. The maximum Gasteiger partial charge on any atom is 0.241 e. The summed E-state index contributed by atoms with van der Waals surface area (Å²) in [4.78, 5) is 26.4. The van der Waals surface area contributed by atoms with E-state index in [0.717, 1.165) is 80.4 Å². The van der Waals surface area contributed by atoms with E-state index in [-0.39, 0.29) is 23.2 Å². The van der Waals surface area contributed by atoms with Gasteiger partial charge >= 0.3 is 0 Å². The van der Waals surface area contributed by atoms with Crippen LogP contribution in [0.3, 0.4) is 0 Å². The molecule has 1 aromatic carbocycles. The zero-order chi connectivity index (χ0) is 30.6. The number of hydrogen-bond donors (Lipinski definition) is 1. The highest BCUT2D eigenvalue weighted by atomic mass is 19.1. The summed E-state index contributed by atoms with van der Waals surface area (Å²) in [7, 11) is 0. The fourth-order valence-electron chi connectivity index (χ4n) is 7.77. The van der Waals surface area contributed by atoms with Gasteiger partial charge < -0.3 is 15.0 Å². The zero-order valence-corrected chi connectivity index (χ0v) is 26.7. The summed E-state index contributed by atoms with van der Waals surface area (Å²) in [5.74, 6) is 1.50. The fourth-order valence-corrected chi connectivity index (χ4v) is 7.77. The second kappa shape index (κ2) is 11.8. The fraction of sp³-hybridized carbons (Fsp3) is 0.600. The Bertz CT molecular complexity index is 1520. The van der Waals surface area contributed by atoms with Crippen LogP contribution in [-0.2, 0) is 21.4 Å². The first kappa shape index (κ1) is 29.8. The monoisotopic (exact) mass is 602 g/mol. The first-order valence-corrected chi connectivity index (χ1v) is 16.6. The third kappa shape index (κ3) is 5.57. The number of rotatable bonds is 7. The lowest BCUT2D eigenvalue weighted by molar-refractivity contribution is -0.121. The van der Waals surface area contributed by atoms with Crippen LogP contribution in [0.25, 0.3) is 5.52 Å². The zero-order valence-electron chi connectivity index (χ0n) is 26.7. The molecule has 5 heterocycles. The second-order valence-electron chi connectivity index (χ2n) is 14.3. The molecule has 3 fully saturated rings. The number of carbonyl (C=O) groups is 1. The molecule has 0 unspecified atom stereocenters. The summed E-state index contributed by atoms with van der Waals surface area (Å²) in [5.41, 5.74) is 5.24. The van der Waals surface area contributed by atoms with E-state index in [9.17, 15) is 9.18 Å². The SMILES string of the molecule is C[C@@H]1CN(CC(=O)N2CC(C)(C)c3c2cc(Cc2ccc(F)cc2)c2cnc(C4CCC4)n32)[C@@H](CN2CCOC[C@H]2C)CN1. The largest absolute Gasteiger partial charge is 0.379 e. The van der Waals surface area contributed by atoms with Gasteiger partial charge in [0.2, 0.25) is 5.91 Å². The Morgan fingerprint density at radius 2 is 1.95 bits per heavy atom. The molecule has 4 aliphatic rings. The van der Waals surface area contributed by atoms with Crippen molar-refractivity contribution >= 4 is 17.1 Å². The molecule has 1 N–H and O–H groups in total. The molecule has 1 aliphatic carbocycles. The average molecular weight is 603 g/mol. The van der Waals surface area contributed by atoms with Crippen LogP contribution in [0.15, 0.2) is 36.5 Å². The Balaban J connectivity index is 1.23. The smallest absolute Gasteiger partial charge is 0.241 e. The maximum absolute atomic E-state index is 14.4. The number of ether oxygens (including phenoxy) is 1. The van der Waals surface area contributed by atoms with Crippen LogP contribution in [0, 0.1) is 5.82 Å². The molecule has 9 heteroatoms. The van der Waals surface area contributed by atoms with Crippen LogP contribution in [0.4, 0.5) is 10.1 Å². The van der Waals surface area contributed by atoms with Gasteiger partial charge in [0.05, 0.1) is 42.9 Å². The molecule has 2 saturated heterocycles. The van der Waals surface area contributed by atoms with Gasteiger partial charge in [-0.25, -0.2) is 9.37 Å². The van der Waals surface area contributed by atoms with Crippen molar-refractivity contribution in [3.63, 3.8) is 0 Å². The summed E-state index contributed by atoms with van der Waals surface area (Å²) < 4.78 is 21.8. The van der Waals surface area contributed by atoms with Gasteiger partial charge in [-0.1, -0.05) is 32.4 Å². The van der Waals surface area contributed by atoms with Gasteiger partial charge in [0.1, 0.15) is 11.6 Å². The maximum atomic E-state index is 14.4. The number of morpholine rings is 1. The summed E-state index contributed by atoms with van der Waals surface area (Å²) >= 11 is 0. The molecule has 3 aliphatic heterocycles. The third-order valence-electron chi connectivity index (χ3n) is 10.5. The Morgan fingerprint density at radius 3 is 2.68 bits per heavy atom. The number of benzene rings is 1. The summed E-state index contributed by atoms with van der Waals surface area (Å²) in [6.07, 6.45) is 6.22. The molecule has 1 saturated carbocycles. The van der Waals surface area contributed by atoms with Crippen molar-refractivity contribution in [1.82, 2.24) is 24.5 Å². The molecule has 44 heavy (non-hydrogen) atoms. The normalized spacial score (nSPS) is 26.2. The minimum atomic E-state index is -0.230. The van der Waals surface area contributed by atoms with Gasteiger partial charge in [-0.2, -0.15) is 0 Å². The van der Waals surface area contributed by atoms with Crippen molar-refractivity contribution in [2.45, 2.75) is 82.8 Å². The predicted molar refractivity (Wildman–Crippen MR) is 171 cm³/mol. The van der Waals surface area contributed by atoms with Crippen molar-refractivity contribution in [1.29, 1.82) is 0 Å². The molecule has 0 spiro atoms. The minimum absolute atomic E-state index is 0.156. The molecule has 8 nitrogen and oxygen atoms in total. The Hall–Kier alpha value is -2.85. The second-order valence-corrected chi connectivity index (χ2v) is 14.3. The average Bonchev–Trinajstić information content (AvgIpc) is 3.50. The quantitative estimate of drug-likeness (QED) is 0.434. The first-order valence-electron chi connectivity index (χ1n) is 16.6. The van der Waals surface area contributed by atoms with Crippen LogP contribution in [0.5, 0.6) is 0 Å². The number of amides is 1. The number of fused-ring (bicyclic) bond motifs is 3. The predicted octanol–water partition coefficient (Wildman–Crippen LogP) is 4.34. The summed E-state index contributed by atoms with van der Waals surface area (Å²) in [6.45, 7) is 15.1. The highest BCUT2D eigenvalue weighted by Crippen LogP contribution is 2.45. The molecule has 1 amide bonds. The molecule has 0 bridgehead atoms. The highest BCUT2D eigenvalue weighted by molar-refractivity contribution is 5.98. The van der Waals surface area contributed by atoms with Crippen molar-refractivity contribution in [3.05, 3.63) is 65.0 Å². The molecule has 236 valence electrons. The van der Waals surface area contributed by atoms with E-state index >= 15 is 0 Å². The van der Waals surface area contributed by atoms with Crippen molar-refractivity contribution in [2.24, 2.45) is 0 Å². The van der Waals surface area contributed by atoms with Gasteiger partial charge in [0, 0.05) is 62.2 Å². The van der Waals surface area contributed by atoms with Gasteiger partial charge in [-0.3, -0.25) is 19.0 Å². The summed E-state index contributed by atoms with van der Waals surface area (Å²) in [6, 6.07) is 9.97. The number of piperazine rings is 1. The first-order chi connectivity index (χ1) is 21.2. The lowest BCUT2D eigenvalue weighted by atomic mass is 9.84. The van der Waals surface area contributed by atoms with Crippen LogP contribution in [-0.4, -0.2) is 95.7 Å².